The predicted octanol–water partition coefficient (Wildman–Crippen LogP) is 5.78. The van der Waals surface area contributed by atoms with E-state index >= 15 is 0 Å². The maximum absolute atomic E-state index is 13.4. The predicted molar refractivity (Wildman–Crippen MR) is 144 cm³/mol. The largest absolute Gasteiger partial charge is 0.352 e. The van der Waals surface area contributed by atoms with Crippen molar-refractivity contribution < 1.29 is 18.0 Å². The monoisotopic (exact) mass is 535 g/mol. The fourth-order valence-electron chi connectivity index (χ4n) is 4.73. The third kappa shape index (κ3) is 7.58. The zero-order valence-corrected chi connectivity index (χ0v) is 22.5. The molecule has 8 heteroatoms. The van der Waals surface area contributed by atoms with Crippen molar-refractivity contribution in [2.45, 2.75) is 68.1 Å². The molecule has 0 aliphatic heterocycles. The van der Waals surface area contributed by atoms with Gasteiger partial charge >= 0.3 is 0 Å². The molecule has 2 aromatic rings. The first kappa shape index (κ1) is 27.8. The molecule has 0 radical (unpaired) electrons. The van der Waals surface area contributed by atoms with E-state index in [4.69, 9.17) is 11.6 Å². The first-order valence-electron chi connectivity index (χ1n) is 12.3. The Kier molecular flexibility index (Phi) is 10.3. The fourth-order valence-corrected chi connectivity index (χ4v) is 7.11. The van der Waals surface area contributed by atoms with Gasteiger partial charge in [-0.05, 0) is 55.7 Å². The van der Waals surface area contributed by atoms with Crippen molar-refractivity contribution in [1.82, 2.24) is 5.32 Å². The summed E-state index contributed by atoms with van der Waals surface area (Å²) in [7, 11) is -3.55. The number of nitrogens with one attached hydrogen (secondary N) is 1. The first-order chi connectivity index (χ1) is 16.7. The molecule has 1 N–H and O–H groups in total. The Hall–Kier alpha value is -1.83. The number of carbonyl (C=O) groups is 2. The van der Waals surface area contributed by atoms with Gasteiger partial charge in [0.05, 0.1) is 10.6 Å². The van der Waals surface area contributed by atoms with Crippen LogP contribution in [0.3, 0.4) is 0 Å². The normalized spacial score (nSPS) is 20.1. The number of hydrogen-bond acceptors (Lipinski definition) is 5. The number of Topliss-reactive ketones (excluding diaryl/α,β-unsaturated/α-hetero) is 1. The van der Waals surface area contributed by atoms with Gasteiger partial charge in [0.2, 0.25) is 5.91 Å². The summed E-state index contributed by atoms with van der Waals surface area (Å²) in [4.78, 5) is 26.9. The Balaban J connectivity index is 1.74. The molecular weight excluding hydrogens is 502 g/mol. The van der Waals surface area contributed by atoms with Crippen molar-refractivity contribution in [2.75, 3.05) is 5.75 Å². The van der Waals surface area contributed by atoms with Crippen molar-refractivity contribution in [3.05, 3.63) is 65.2 Å². The Morgan fingerprint density at radius 2 is 1.66 bits per heavy atom. The highest BCUT2D eigenvalue weighted by Crippen LogP contribution is 2.33. The number of sulfone groups is 1. The van der Waals surface area contributed by atoms with E-state index < -0.39 is 33.0 Å². The summed E-state index contributed by atoms with van der Waals surface area (Å²) >= 11 is 10.6. The van der Waals surface area contributed by atoms with Gasteiger partial charge in [-0.1, -0.05) is 62.4 Å². The summed E-state index contributed by atoms with van der Waals surface area (Å²) < 4.78 is 25.8. The van der Waals surface area contributed by atoms with E-state index in [9.17, 15) is 18.0 Å². The number of carbonyl (C=O) groups excluding carboxylic acids is 2. The Bertz CT molecular complexity index is 1090. The minimum Gasteiger partial charge on any atom is -0.352 e. The van der Waals surface area contributed by atoms with Crippen LogP contribution in [-0.2, 0) is 14.6 Å². The molecule has 1 amide bonds. The molecule has 5 nitrogen and oxygen atoms in total. The molecule has 0 heterocycles. The molecule has 190 valence electrons. The number of halogens is 1. The number of amides is 1. The highest BCUT2D eigenvalue weighted by molar-refractivity contribution is 7.92. The maximum Gasteiger partial charge on any atom is 0.224 e. The van der Waals surface area contributed by atoms with E-state index in [1.165, 1.54) is 0 Å². The van der Waals surface area contributed by atoms with Crippen LogP contribution in [0.25, 0.3) is 0 Å². The lowest BCUT2D eigenvalue weighted by Gasteiger charge is -2.32. The molecule has 1 aliphatic carbocycles. The molecule has 0 aromatic heterocycles. The van der Waals surface area contributed by atoms with Crippen molar-refractivity contribution in [3.8, 4) is 0 Å². The summed E-state index contributed by atoms with van der Waals surface area (Å²) in [6, 6.07) is 14.7. The summed E-state index contributed by atoms with van der Waals surface area (Å²) in [6.07, 6.45) is 5.46. The van der Waals surface area contributed by atoms with Gasteiger partial charge in [-0.25, -0.2) is 8.42 Å². The standard InChI is InChI=1S/C27H34ClNO4S2/c1-2-3-13-24(25(34)18-35(32,33)21-9-5-4-6-10-21)29-27(31)23-12-8-7-11-22(23)26(30)19-14-16-20(28)17-15-19/h4-6,9-10,14-17,22-25,34H,2-3,7-8,11-13,18H2,1H3,(H,29,31)/t22-,23-,24+,25-/m1/s1. The molecule has 0 bridgehead atoms. The number of rotatable bonds is 11. The van der Waals surface area contributed by atoms with Crippen molar-refractivity contribution in [1.29, 1.82) is 0 Å². The minimum absolute atomic E-state index is 0.0410. The zero-order chi connectivity index (χ0) is 25.4. The highest BCUT2D eigenvalue weighted by atomic mass is 35.5. The average Bonchev–Trinajstić information content (AvgIpc) is 2.86. The van der Waals surface area contributed by atoms with Crippen LogP contribution in [-0.4, -0.2) is 37.2 Å². The van der Waals surface area contributed by atoms with E-state index in [0.717, 1.165) is 25.7 Å². The van der Waals surface area contributed by atoms with Gasteiger partial charge in [-0.15, -0.1) is 0 Å². The topological polar surface area (TPSA) is 80.3 Å². The van der Waals surface area contributed by atoms with Crippen LogP contribution in [0.4, 0.5) is 0 Å². The maximum atomic E-state index is 13.4. The first-order valence-corrected chi connectivity index (χ1v) is 14.8. The summed E-state index contributed by atoms with van der Waals surface area (Å²) in [5.74, 6) is -1.24. The van der Waals surface area contributed by atoms with Gasteiger partial charge in [-0.3, -0.25) is 9.59 Å². The second kappa shape index (κ2) is 12.9. The van der Waals surface area contributed by atoms with Crippen LogP contribution in [0, 0.1) is 11.8 Å². The second-order valence-corrected chi connectivity index (χ2v) is 12.4. The minimum atomic E-state index is -3.55. The molecule has 3 rings (SSSR count). The fraction of sp³-hybridized carbons (Fsp3) is 0.481. The number of hydrogen-bond donors (Lipinski definition) is 2. The van der Waals surface area contributed by atoms with E-state index in [0.29, 0.717) is 29.8 Å². The van der Waals surface area contributed by atoms with Gasteiger partial charge in [0, 0.05) is 33.7 Å². The number of benzene rings is 2. The van der Waals surface area contributed by atoms with Gasteiger partial charge < -0.3 is 5.32 Å². The lowest BCUT2D eigenvalue weighted by molar-refractivity contribution is -0.128. The SMILES string of the molecule is CCCC[C@H](NC(=O)[C@@H]1CCCC[C@H]1C(=O)c1ccc(Cl)cc1)[C@H](S)CS(=O)(=O)c1ccccc1. The van der Waals surface area contributed by atoms with Gasteiger partial charge in [0.1, 0.15) is 0 Å². The molecule has 1 aliphatic rings. The molecule has 0 spiro atoms. The van der Waals surface area contributed by atoms with Crippen LogP contribution < -0.4 is 5.32 Å². The quantitative estimate of drug-likeness (QED) is 0.282. The molecule has 2 aromatic carbocycles. The number of thiol groups is 1. The average molecular weight is 536 g/mol. The van der Waals surface area contributed by atoms with Crippen LogP contribution in [0.5, 0.6) is 0 Å². The smallest absolute Gasteiger partial charge is 0.224 e. The van der Waals surface area contributed by atoms with Gasteiger partial charge in [-0.2, -0.15) is 12.6 Å². The molecule has 4 atom stereocenters. The van der Waals surface area contributed by atoms with Gasteiger partial charge in [0.25, 0.3) is 0 Å². The lowest BCUT2D eigenvalue weighted by atomic mass is 9.75. The van der Waals surface area contributed by atoms with Crippen LogP contribution in [0.1, 0.15) is 62.2 Å². The van der Waals surface area contributed by atoms with Crippen molar-refractivity contribution in [3.63, 3.8) is 0 Å². The van der Waals surface area contributed by atoms with Crippen molar-refractivity contribution in [2.24, 2.45) is 11.8 Å². The number of ketones is 1. The number of unbranched alkanes of at least 4 members (excludes halogenated alkanes) is 1. The Morgan fingerprint density at radius 1 is 1.03 bits per heavy atom. The molecule has 0 saturated heterocycles. The van der Waals surface area contributed by atoms with E-state index in [2.05, 4.69) is 24.9 Å². The molecule has 0 unspecified atom stereocenters. The zero-order valence-electron chi connectivity index (χ0n) is 20.0. The van der Waals surface area contributed by atoms with E-state index in [1.54, 1.807) is 54.6 Å². The van der Waals surface area contributed by atoms with Gasteiger partial charge in [0.15, 0.2) is 15.6 Å². The summed E-state index contributed by atoms with van der Waals surface area (Å²) in [5, 5.41) is 3.08. The lowest BCUT2D eigenvalue weighted by Crippen LogP contribution is -2.48. The molecule has 1 saturated carbocycles. The second-order valence-electron chi connectivity index (χ2n) is 9.29. The van der Waals surface area contributed by atoms with E-state index in [-0.39, 0.29) is 22.3 Å². The van der Waals surface area contributed by atoms with Crippen molar-refractivity contribution >= 4 is 45.8 Å². The Morgan fingerprint density at radius 3 is 2.29 bits per heavy atom. The molecular formula is C27H34ClNO4S2. The third-order valence-corrected chi connectivity index (χ3v) is 9.55. The third-order valence-electron chi connectivity index (χ3n) is 6.72. The molecule has 1 fully saturated rings. The summed E-state index contributed by atoms with van der Waals surface area (Å²) in [6.45, 7) is 2.05. The van der Waals surface area contributed by atoms with Crippen LogP contribution >= 0.6 is 24.2 Å². The van der Waals surface area contributed by atoms with Crippen LogP contribution in [0.15, 0.2) is 59.5 Å². The van der Waals surface area contributed by atoms with E-state index in [1.807, 2.05) is 0 Å². The van der Waals surface area contributed by atoms with Crippen LogP contribution in [0.2, 0.25) is 5.02 Å². The Labute approximate surface area is 219 Å². The molecule has 35 heavy (non-hydrogen) atoms. The summed E-state index contributed by atoms with van der Waals surface area (Å²) in [5.41, 5.74) is 0.558. The highest BCUT2D eigenvalue weighted by Gasteiger charge is 2.37.